The highest BCUT2D eigenvalue weighted by molar-refractivity contribution is 6.33. The molecular formula is C23H20Cl2N2O2. The Bertz CT molecular complexity index is 1050. The minimum Gasteiger partial charge on any atom is -0.497 e. The quantitative estimate of drug-likeness (QED) is 0.475. The molecular weight excluding hydrogens is 407 g/mol. The fourth-order valence-corrected chi connectivity index (χ4v) is 3.87. The van der Waals surface area contributed by atoms with Crippen LogP contribution in [-0.4, -0.2) is 19.9 Å². The summed E-state index contributed by atoms with van der Waals surface area (Å²) in [7, 11) is 3.30. The van der Waals surface area contributed by atoms with Crippen molar-refractivity contribution < 1.29 is 9.47 Å². The van der Waals surface area contributed by atoms with Crippen LogP contribution in [0.25, 0.3) is 0 Å². The number of rotatable bonds is 5. The van der Waals surface area contributed by atoms with Crippen LogP contribution in [0.1, 0.15) is 23.6 Å². The third kappa shape index (κ3) is 3.91. The molecule has 0 bridgehead atoms. The van der Waals surface area contributed by atoms with Crippen molar-refractivity contribution in [2.75, 3.05) is 19.2 Å². The molecule has 0 aromatic heterocycles. The Balaban J connectivity index is 1.80. The number of benzene rings is 3. The topological polar surface area (TPSA) is 34.1 Å². The van der Waals surface area contributed by atoms with E-state index in [1.807, 2.05) is 71.7 Å². The van der Waals surface area contributed by atoms with Crippen molar-refractivity contribution in [2.24, 2.45) is 5.10 Å². The van der Waals surface area contributed by atoms with Crippen molar-refractivity contribution in [1.29, 1.82) is 0 Å². The van der Waals surface area contributed by atoms with E-state index in [1.54, 1.807) is 14.2 Å². The summed E-state index contributed by atoms with van der Waals surface area (Å²) in [6.07, 6.45) is 0.704. The Morgan fingerprint density at radius 3 is 2.38 bits per heavy atom. The number of hydrazone groups is 1. The third-order valence-electron chi connectivity index (χ3n) is 4.99. The van der Waals surface area contributed by atoms with Gasteiger partial charge in [-0.05, 0) is 42.0 Å². The van der Waals surface area contributed by atoms with Crippen molar-refractivity contribution in [1.82, 2.24) is 0 Å². The van der Waals surface area contributed by atoms with Crippen molar-refractivity contribution in [3.05, 3.63) is 87.9 Å². The van der Waals surface area contributed by atoms with E-state index in [4.69, 9.17) is 37.8 Å². The molecule has 4 rings (SSSR count). The summed E-state index contributed by atoms with van der Waals surface area (Å²) in [5, 5.41) is 8.24. The molecule has 1 atom stereocenters. The highest BCUT2D eigenvalue weighted by atomic mass is 35.5. The van der Waals surface area contributed by atoms with Crippen molar-refractivity contribution in [2.45, 2.75) is 12.5 Å². The van der Waals surface area contributed by atoms with Gasteiger partial charge in [0.2, 0.25) is 0 Å². The average Bonchev–Trinajstić information content (AvgIpc) is 3.19. The van der Waals surface area contributed by atoms with Gasteiger partial charge in [0.15, 0.2) is 0 Å². The zero-order chi connectivity index (χ0) is 20.4. The van der Waals surface area contributed by atoms with E-state index in [-0.39, 0.29) is 6.04 Å². The second-order valence-electron chi connectivity index (χ2n) is 6.68. The van der Waals surface area contributed by atoms with Gasteiger partial charge in [-0.3, -0.25) is 5.01 Å². The summed E-state index contributed by atoms with van der Waals surface area (Å²) in [5.74, 6) is 1.49. The molecule has 1 unspecified atom stereocenters. The fraction of sp³-hybridized carbons (Fsp3) is 0.174. The number of hydrogen-bond acceptors (Lipinski definition) is 4. The van der Waals surface area contributed by atoms with Gasteiger partial charge in [0.1, 0.15) is 11.5 Å². The smallest absolute Gasteiger partial charge is 0.127 e. The average molecular weight is 427 g/mol. The monoisotopic (exact) mass is 426 g/mol. The van der Waals surface area contributed by atoms with Crippen LogP contribution in [0.2, 0.25) is 10.0 Å². The maximum Gasteiger partial charge on any atom is 0.127 e. The Morgan fingerprint density at radius 1 is 0.931 bits per heavy atom. The normalized spacial score (nSPS) is 15.9. The first-order valence-corrected chi connectivity index (χ1v) is 9.95. The Labute approximate surface area is 180 Å². The molecule has 1 heterocycles. The van der Waals surface area contributed by atoms with E-state index in [0.717, 1.165) is 34.0 Å². The SMILES string of the molecule is COc1ccc(C2CC(c3ccc(Cl)cc3)=NN2c2ccccc2Cl)c(OC)c1. The lowest BCUT2D eigenvalue weighted by Crippen LogP contribution is -2.19. The van der Waals surface area contributed by atoms with Gasteiger partial charge in [-0.15, -0.1) is 0 Å². The van der Waals surface area contributed by atoms with Gasteiger partial charge in [0.25, 0.3) is 0 Å². The second-order valence-corrected chi connectivity index (χ2v) is 7.52. The third-order valence-corrected chi connectivity index (χ3v) is 5.56. The molecule has 1 aliphatic rings. The highest BCUT2D eigenvalue weighted by Crippen LogP contribution is 2.43. The van der Waals surface area contributed by atoms with E-state index in [9.17, 15) is 0 Å². The first-order valence-electron chi connectivity index (χ1n) is 9.20. The molecule has 0 amide bonds. The molecule has 0 saturated heterocycles. The summed E-state index contributed by atoms with van der Waals surface area (Å²) in [6.45, 7) is 0. The second kappa shape index (κ2) is 8.36. The van der Waals surface area contributed by atoms with Crippen molar-refractivity contribution in [3.8, 4) is 11.5 Å². The van der Waals surface area contributed by atoms with Gasteiger partial charge >= 0.3 is 0 Å². The maximum absolute atomic E-state index is 6.51. The minimum absolute atomic E-state index is 0.0681. The molecule has 0 N–H and O–H groups in total. The molecule has 29 heavy (non-hydrogen) atoms. The summed E-state index contributed by atoms with van der Waals surface area (Å²) in [4.78, 5) is 0. The largest absolute Gasteiger partial charge is 0.497 e. The van der Waals surface area contributed by atoms with Gasteiger partial charge in [-0.2, -0.15) is 5.10 Å². The lowest BCUT2D eigenvalue weighted by atomic mass is 9.97. The van der Waals surface area contributed by atoms with Crippen molar-refractivity contribution in [3.63, 3.8) is 0 Å². The standard InChI is InChI=1S/C23H20Cl2N2O2/c1-28-17-11-12-18(23(13-17)29-2)22-14-20(15-7-9-16(24)10-8-15)26-27(22)21-6-4-3-5-19(21)25/h3-13,22H,14H2,1-2H3. The predicted molar refractivity (Wildman–Crippen MR) is 119 cm³/mol. The first-order chi connectivity index (χ1) is 14.1. The first kappa shape index (κ1) is 19.6. The molecule has 6 heteroatoms. The Hall–Kier alpha value is -2.69. The number of hydrogen-bond donors (Lipinski definition) is 0. The number of halogens is 2. The predicted octanol–water partition coefficient (Wildman–Crippen LogP) is 6.37. The van der Waals surface area contributed by atoms with Gasteiger partial charge in [0.05, 0.1) is 36.7 Å². The molecule has 0 spiro atoms. The highest BCUT2D eigenvalue weighted by Gasteiger charge is 2.33. The van der Waals surface area contributed by atoms with Crippen LogP contribution in [0.4, 0.5) is 5.69 Å². The van der Waals surface area contributed by atoms with Gasteiger partial charge in [-0.25, -0.2) is 0 Å². The molecule has 0 saturated carbocycles. The molecule has 0 radical (unpaired) electrons. The van der Waals surface area contributed by atoms with Crippen LogP contribution in [-0.2, 0) is 0 Å². The maximum atomic E-state index is 6.51. The van der Waals surface area contributed by atoms with Gasteiger partial charge < -0.3 is 9.47 Å². The van der Waals surface area contributed by atoms with Crippen LogP contribution in [0.15, 0.2) is 71.8 Å². The summed E-state index contributed by atoms with van der Waals surface area (Å²) in [5.41, 5.74) is 3.85. The number of nitrogens with zero attached hydrogens (tertiary/aromatic N) is 2. The molecule has 3 aromatic carbocycles. The van der Waals surface area contributed by atoms with E-state index in [1.165, 1.54) is 0 Å². The Morgan fingerprint density at radius 2 is 1.69 bits per heavy atom. The molecule has 0 fully saturated rings. The van der Waals surface area contributed by atoms with Gasteiger partial charge in [-0.1, -0.05) is 47.5 Å². The van der Waals surface area contributed by atoms with E-state index >= 15 is 0 Å². The van der Waals surface area contributed by atoms with Crippen LogP contribution < -0.4 is 14.5 Å². The molecule has 4 nitrogen and oxygen atoms in total. The minimum atomic E-state index is -0.0681. The van der Waals surface area contributed by atoms with Crippen LogP contribution in [0.3, 0.4) is 0 Å². The molecule has 1 aliphatic heterocycles. The van der Waals surface area contributed by atoms with Crippen LogP contribution >= 0.6 is 23.2 Å². The Kier molecular flexibility index (Phi) is 5.65. The van der Waals surface area contributed by atoms with E-state index in [2.05, 4.69) is 0 Å². The number of methoxy groups -OCH3 is 2. The lowest BCUT2D eigenvalue weighted by Gasteiger charge is -2.26. The summed E-state index contributed by atoms with van der Waals surface area (Å²) >= 11 is 12.6. The number of anilines is 1. The van der Waals surface area contributed by atoms with Crippen LogP contribution in [0, 0.1) is 0 Å². The van der Waals surface area contributed by atoms with E-state index < -0.39 is 0 Å². The van der Waals surface area contributed by atoms with E-state index in [0.29, 0.717) is 16.5 Å². The summed E-state index contributed by atoms with van der Waals surface area (Å²) < 4.78 is 11.0. The van der Waals surface area contributed by atoms with Crippen LogP contribution in [0.5, 0.6) is 11.5 Å². The number of ether oxygens (including phenoxy) is 2. The molecule has 3 aromatic rings. The van der Waals surface area contributed by atoms with Crippen molar-refractivity contribution >= 4 is 34.6 Å². The fourth-order valence-electron chi connectivity index (χ4n) is 3.52. The van der Waals surface area contributed by atoms with Gasteiger partial charge in [0, 0.05) is 23.1 Å². The molecule has 148 valence electrons. The zero-order valence-corrected chi connectivity index (χ0v) is 17.6. The lowest BCUT2D eigenvalue weighted by molar-refractivity contribution is 0.388. The zero-order valence-electron chi connectivity index (χ0n) is 16.1. The molecule has 0 aliphatic carbocycles. The number of para-hydroxylation sites is 1. The summed E-state index contributed by atoms with van der Waals surface area (Å²) in [6, 6.07) is 21.2.